The lowest BCUT2D eigenvalue weighted by atomic mass is 10.1. The first kappa shape index (κ1) is 13.3. The Bertz CT molecular complexity index is 626. The van der Waals surface area contributed by atoms with Crippen LogP contribution in [0, 0.1) is 12.7 Å². The second-order valence-electron chi connectivity index (χ2n) is 3.99. The van der Waals surface area contributed by atoms with Crippen molar-refractivity contribution in [1.82, 2.24) is 4.98 Å². The Balaban J connectivity index is 2.34. The van der Waals surface area contributed by atoms with Gasteiger partial charge in [0.25, 0.3) is 5.91 Å². The molecule has 0 fully saturated rings. The summed E-state index contributed by atoms with van der Waals surface area (Å²) in [5.41, 5.74) is 6.79. The van der Waals surface area contributed by atoms with Gasteiger partial charge in [-0.25, -0.2) is 9.37 Å². The number of rotatable bonds is 2. The van der Waals surface area contributed by atoms with Crippen molar-refractivity contribution < 1.29 is 9.18 Å². The van der Waals surface area contributed by atoms with Gasteiger partial charge in [-0.2, -0.15) is 0 Å². The smallest absolute Gasteiger partial charge is 0.258 e. The molecule has 0 atom stereocenters. The van der Waals surface area contributed by atoms with E-state index < -0.39 is 11.7 Å². The highest BCUT2D eigenvalue weighted by atomic mass is 35.5. The van der Waals surface area contributed by atoms with E-state index in [2.05, 4.69) is 10.3 Å². The minimum Gasteiger partial charge on any atom is -0.399 e. The van der Waals surface area contributed by atoms with Gasteiger partial charge in [0, 0.05) is 11.9 Å². The lowest BCUT2D eigenvalue weighted by molar-refractivity contribution is 0.102. The van der Waals surface area contributed by atoms with Crippen molar-refractivity contribution in [2.75, 3.05) is 11.1 Å². The molecule has 0 aliphatic heterocycles. The van der Waals surface area contributed by atoms with E-state index in [4.69, 9.17) is 17.3 Å². The normalized spacial score (nSPS) is 10.3. The average Bonchev–Trinajstić information content (AvgIpc) is 2.37. The first-order valence-corrected chi connectivity index (χ1v) is 5.84. The maximum absolute atomic E-state index is 13.6. The molecule has 1 aromatic carbocycles. The molecule has 0 saturated carbocycles. The first-order valence-electron chi connectivity index (χ1n) is 5.46. The molecule has 3 N–H and O–H groups in total. The van der Waals surface area contributed by atoms with E-state index in [0.29, 0.717) is 11.4 Å². The molecule has 1 amide bonds. The summed E-state index contributed by atoms with van der Waals surface area (Å²) in [5.74, 6) is -1.27. The molecule has 2 rings (SSSR count). The van der Waals surface area contributed by atoms with Gasteiger partial charge in [0.1, 0.15) is 5.82 Å². The molecule has 19 heavy (non-hydrogen) atoms. The Hall–Kier alpha value is -2.14. The van der Waals surface area contributed by atoms with E-state index in [-0.39, 0.29) is 10.7 Å². The summed E-state index contributed by atoms with van der Waals surface area (Å²) in [4.78, 5) is 15.9. The topological polar surface area (TPSA) is 68.0 Å². The van der Waals surface area contributed by atoms with Crippen molar-refractivity contribution in [2.45, 2.75) is 6.92 Å². The first-order chi connectivity index (χ1) is 8.99. The number of benzene rings is 1. The highest BCUT2D eigenvalue weighted by Gasteiger charge is 2.15. The summed E-state index contributed by atoms with van der Waals surface area (Å²) in [5, 5.41) is 2.68. The zero-order valence-corrected chi connectivity index (χ0v) is 10.8. The number of nitrogen functional groups attached to an aromatic ring is 1. The molecule has 0 aliphatic rings. The number of nitrogens with zero attached hydrogens (tertiary/aromatic N) is 1. The fourth-order valence-electron chi connectivity index (χ4n) is 1.57. The van der Waals surface area contributed by atoms with Crippen molar-refractivity contribution in [3.63, 3.8) is 0 Å². The Morgan fingerprint density at radius 2 is 2.16 bits per heavy atom. The number of aryl methyl sites for hydroxylation is 1. The van der Waals surface area contributed by atoms with Crippen LogP contribution in [0.3, 0.4) is 0 Å². The SMILES string of the molecule is Cc1ccnc(Cl)c1NC(=O)c1cc(N)ccc1F. The third kappa shape index (κ3) is 2.82. The van der Waals surface area contributed by atoms with Crippen LogP contribution in [0.2, 0.25) is 5.15 Å². The molecular weight excluding hydrogens is 269 g/mol. The van der Waals surface area contributed by atoms with Crippen molar-refractivity contribution in [3.8, 4) is 0 Å². The van der Waals surface area contributed by atoms with Gasteiger partial charge in [-0.1, -0.05) is 11.6 Å². The quantitative estimate of drug-likeness (QED) is 0.656. The molecule has 1 aromatic heterocycles. The molecule has 2 aromatic rings. The molecule has 4 nitrogen and oxygen atoms in total. The number of carbonyl (C=O) groups is 1. The standard InChI is InChI=1S/C13H11ClFN3O/c1-7-4-5-17-12(14)11(7)18-13(19)9-6-8(16)2-3-10(9)15/h2-6H,16H2,1H3,(H,18,19). The van der Waals surface area contributed by atoms with Crippen LogP contribution < -0.4 is 11.1 Å². The second kappa shape index (κ2) is 5.24. The van der Waals surface area contributed by atoms with Gasteiger partial charge in [-0.3, -0.25) is 4.79 Å². The number of halogens is 2. The number of anilines is 2. The average molecular weight is 280 g/mol. The Labute approximate surface area is 114 Å². The van der Waals surface area contributed by atoms with Gasteiger partial charge in [-0.05, 0) is 36.8 Å². The third-order valence-corrected chi connectivity index (χ3v) is 2.87. The van der Waals surface area contributed by atoms with Crippen LogP contribution in [-0.2, 0) is 0 Å². The van der Waals surface area contributed by atoms with E-state index in [0.717, 1.165) is 11.6 Å². The van der Waals surface area contributed by atoms with Gasteiger partial charge in [-0.15, -0.1) is 0 Å². The fraction of sp³-hybridized carbons (Fsp3) is 0.0769. The monoisotopic (exact) mass is 279 g/mol. The Morgan fingerprint density at radius 1 is 1.42 bits per heavy atom. The van der Waals surface area contributed by atoms with E-state index in [9.17, 15) is 9.18 Å². The highest BCUT2D eigenvalue weighted by molar-refractivity contribution is 6.32. The largest absolute Gasteiger partial charge is 0.399 e. The number of aromatic nitrogens is 1. The summed E-state index contributed by atoms with van der Waals surface area (Å²) in [6.07, 6.45) is 1.52. The third-order valence-electron chi connectivity index (χ3n) is 2.59. The van der Waals surface area contributed by atoms with E-state index in [1.807, 2.05) is 0 Å². The van der Waals surface area contributed by atoms with Gasteiger partial charge < -0.3 is 11.1 Å². The lowest BCUT2D eigenvalue weighted by Crippen LogP contribution is -2.15. The number of nitrogens with two attached hydrogens (primary N) is 1. The van der Waals surface area contributed by atoms with Crippen LogP contribution in [0.15, 0.2) is 30.5 Å². The van der Waals surface area contributed by atoms with Gasteiger partial charge in [0.2, 0.25) is 0 Å². The van der Waals surface area contributed by atoms with Crippen LogP contribution in [0.5, 0.6) is 0 Å². The summed E-state index contributed by atoms with van der Waals surface area (Å²) in [6.45, 7) is 1.76. The molecule has 0 aliphatic carbocycles. The molecule has 98 valence electrons. The maximum atomic E-state index is 13.6. The number of hydrogen-bond donors (Lipinski definition) is 2. The summed E-state index contributed by atoms with van der Waals surface area (Å²) >= 11 is 5.89. The zero-order chi connectivity index (χ0) is 14.0. The van der Waals surface area contributed by atoms with Crippen molar-refractivity contribution >= 4 is 28.9 Å². The van der Waals surface area contributed by atoms with Gasteiger partial charge >= 0.3 is 0 Å². The van der Waals surface area contributed by atoms with E-state index in [1.54, 1.807) is 13.0 Å². The lowest BCUT2D eigenvalue weighted by Gasteiger charge is -2.10. The van der Waals surface area contributed by atoms with Gasteiger partial charge in [0.15, 0.2) is 5.15 Å². The van der Waals surface area contributed by atoms with Crippen LogP contribution in [-0.4, -0.2) is 10.9 Å². The number of amides is 1. The number of carbonyl (C=O) groups excluding carboxylic acids is 1. The predicted octanol–water partition coefficient (Wildman–Crippen LogP) is 3.02. The van der Waals surface area contributed by atoms with E-state index in [1.165, 1.54) is 18.3 Å². The Morgan fingerprint density at radius 3 is 2.84 bits per heavy atom. The molecular formula is C13H11ClFN3O. The maximum Gasteiger partial charge on any atom is 0.258 e. The zero-order valence-electron chi connectivity index (χ0n) is 10.1. The minimum atomic E-state index is -0.649. The number of nitrogens with one attached hydrogen (secondary N) is 1. The minimum absolute atomic E-state index is 0.140. The summed E-state index contributed by atoms with van der Waals surface area (Å²) in [7, 11) is 0. The van der Waals surface area contributed by atoms with Gasteiger partial charge in [0.05, 0.1) is 11.3 Å². The summed E-state index contributed by atoms with van der Waals surface area (Å²) < 4.78 is 13.6. The van der Waals surface area contributed by atoms with Crippen LogP contribution in [0.4, 0.5) is 15.8 Å². The van der Waals surface area contributed by atoms with Crippen LogP contribution in [0.25, 0.3) is 0 Å². The number of hydrogen-bond acceptors (Lipinski definition) is 3. The van der Waals surface area contributed by atoms with Crippen molar-refractivity contribution in [2.24, 2.45) is 0 Å². The van der Waals surface area contributed by atoms with Crippen LogP contribution in [0.1, 0.15) is 15.9 Å². The predicted molar refractivity (Wildman–Crippen MR) is 72.7 cm³/mol. The van der Waals surface area contributed by atoms with Crippen molar-refractivity contribution in [1.29, 1.82) is 0 Å². The van der Waals surface area contributed by atoms with Crippen LogP contribution >= 0.6 is 11.6 Å². The highest BCUT2D eigenvalue weighted by Crippen LogP contribution is 2.24. The second-order valence-corrected chi connectivity index (χ2v) is 4.35. The molecule has 1 heterocycles. The molecule has 0 unspecified atom stereocenters. The molecule has 0 saturated heterocycles. The van der Waals surface area contributed by atoms with Crippen molar-refractivity contribution in [3.05, 3.63) is 52.6 Å². The fourth-order valence-corrected chi connectivity index (χ4v) is 1.83. The molecule has 0 radical (unpaired) electrons. The molecule has 0 bridgehead atoms. The summed E-state index contributed by atoms with van der Waals surface area (Å²) in [6, 6.07) is 5.48. The molecule has 6 heteroatoms. The van der Waals surface area contributed by atoms with E-state index >= 15 is 0 Å². The Kier molecular flexibility index (Phi) is 3.66. The molecule has 0 spiro atoms. The number of pyridine rings is 1.